The number of nitrogens with zero attached hydrogens (tertiary/aromatic N) is 2. The monoisotopic (exact) mass is 574 g/mol. The minimum Gasteiger partial charge on any atom is -0.293 e. The first kappa shape index (κ1) is 25.4. The maximum Gasteiger partial charge on any atom is 0.281 e. The normalized spacial score (nSPS) is 11.6. The number of pyridine rings is 1. The van der Waals surface area contributed by atoms with Crippen LogP contribution in [0.5, 0.6) is 0 Å². The molecule has 2 aromatic heterocycles. The topological polar surface area (TPSA) is 34.4 Å². The molecule has 210 valence electrons. The van der Waals surface area contributed by atoms with Gasteiger partial charge in [0.15, 0.2) is 0 Å². The standard InChI is InChI=1S/C42H26N2O/c45-42-36-24-23-30(26-38(36)44-37(27-13-3-1-4-14-27)25-29-17-7-8-18-31(29)41(44)43-42)40-34-21-11-9-19-32(34)39(28-15-5-2-6-16-28)33-20-10-12-22-35(33)40/h1-26H. The average Bonchev–Trinajstić information content (AvgIpc) is 3.11. The SMILES string of the molecule is O=c1nc2c3ccccc3cc(-c3ccccc3)n2c2cc(-c3c4ccccc4c(-c4ccccc4)c4ccccc34)ccc12. The molecule has 0 bridgehead atoms. The van der Waals surface area contributed by atoms with Crippen LogP contribution in [-0.2, 0) is 0 Å². The van der Waals surface area contributed by atoms with E-state index in [-0.39, 0.29) is 5.56 Å². The van der Waals surface area contributed by atoms with E-state index in [9.17, 15) is 4.79 Å². The number of rotatable bonds is 3. The number of hydrogen-bond acceptors (Lipinski definition) is 2. The Kier molecular flexibility index (Phi) is 5.66. The number of aromatic nitrogens is 2. The molecule has 7 aromatic carbocycles. The summed E-state index contributed by atoms with van der Waals surface area (Å²) in [5, 5.41) is 7.34. The van der Waals surface area contributed by atoms with E-state index in [0.29, 0.717) is 11.0 Å². The summed E-state index contributed by atoms with van der Waals surface area (Å²) in [5.41, 5.74) is 7.97. The average molecular weight is 575 g/mol. The molecule has 2 heterocycles. The molecule has 0 aliphatic carbocycles. The Labute approximate surface area is 259 Å². The summed E-state index contributed by atoms with van der Waals surface area (Å²) in [4.78, 5) is 18.3. The molecule has 9 aromatic rings. The van der Waals surface area contributed by atoms with Gasteiger partial charge in [0.25, 0.3) is 5.56 Å². The highest BCUT2D eigenvalue weighted by Crippen LogP contribution is 2.44. The van der Waals surface area contributed by atoms with Crippen molar-refractivity contribution in [2.75, 3.05) is 0 Å². The Balaban J connectivity index is 1.44. The van der Waals surface area contributed by atoms with Crippen LogP contribution >= 0.6 is 0 Å². The van der Waals surface area contributed by atoms with Crippen molar-refractivity contribution in [1.82, 2.24) is 9.38 Å². The third-order valence-corrected chi connectivity index (χ3v) is 8.98. The molecule has 0 aliphatic rings. The second-order valence-electron chi connectivity index (χ2n) is 11.5. The first-order valence-corrected chi connectivity index (χ1v) is 15.2. The zero-order chi connectivity index (χ0) is 29.9. The van der Waals surface area contributed by atoms with E-state index in [2.05, 4.69) is 125 Å². The molecule has 0 unspecified atom stereocenters. The fraction of sp³-hybridized carbons (Fsp3) is 0. The Morgan fingerprint density at radius 3 is 1.56 bits per heavy atom. The van der Waals surface area contributed by atoms with Crippen molar-refractivity contribution in [1.29, 1.82) is 0 Å². The Hall–Kier alpha value is -6.06. The van der Waals surface area contributed by atoms with Gasteiger partial charge in [-0.3, -0.25) is 9.20 Å². The van der Waals surface area contributed by atoms with E-state index >= 15 is 0 Å². The summed E-state index contributed by atoms with van der Waals surface area (Å²) in [6, 6.07) is 54.9. The Morgan fingerprint density at radius 1 is 0.422 bits per heavy atom. The van der Waals surface area contributed by atoms with Gasteiger partial charge in [-0.2, -0.15) is 4.98 Å². The molecular formula is C42H26N2O. The first-order valence-electron chi connectivity index (χ1n) is 15.2. The summed E-state index contributed by atoms with van der Waals surface area (Å²) < 4.78 is 2.17. The van der Waals surface area contributed by atoms with Gasteiger partial charge in [0, 0.05) is 5.39 Å². The zero-order valence-electron chi connectivity index (χ0n) is 24.3. The summed E-state index contributed by atoms with van der Waals surface area (Å²) in [5.74, 6) is 0. The van der Waals surface area contributed by atoms with Gasteiger partial charge >= 0.3 is 0 Å². The van der Waals surface area contributed by atoms with Gasteiger partial charge in [0.05, 0.1) is 16.6 Å². The zero-order valence-corrected chi connectivity index (χ0v) is 24.3. The van der Waals surface area contributed by atoms with Crippen molar-refractivity contribution < 1.29 is 0 Å². The maximum atomic E-state index is 13.6. The minimum atomic E-state index is -0.221. The molecule has 0 N–H and O–H groups in total. The highest BCUT2D eigenvalue weighted by molar-refractivity contribution is 6.21. The molecule has 0 atom stereocenters. The van der Waals surface area contributed by atoms with E-state index in [4.69, 9.17) is 0 Å². The summed E-state index contributed by atoms with van der Waals surface area (Å²) in [6.07, 6.45) is 0. The van der Waals surface area contributed by atoms with Crippen LogP contribution in [0.2, 0.25) is 0 Å². The molecule has 9 rings (SSSR count). The number of benzene rings is 7. The van der Waals surface area contributed by atoms with E-state index in [1.807, 2.05) is 42.5 Å². The van der Waals surface area contributed by atoms with Crippen LogP contribution < -0.4 is 5.56 Å². The van der Waals surface area contributed by atoms with Gasteiger partial charge in [-0.05, 0) is 72.9 Å². The fourth-order valence-corrected chi connectivity index (χ4v) is 7.01. The van der Waals surface area contributed by atoms with Crippen LogP contribution in [0.15, 0.2) is 163 Å². The number of hydrogen-bond donors (Lipinski definition) is 0. The molecule has 0 saturated carbocycles. The van der Waals surface area contributed by atoms with Crippen LogP contribution in [0.1, 0.15) is 0 Å². The van der Waals surface area contributed by atoms with Gasteiger partial charge < -0.3 is 0 Å². The van der Waals surface area contributed by atoms with E-state index in [0.717, 1.165) is 38.7 Å². The van der Waals surface area contributed by atoms with Crippen LogP contribution in [-0.4, -0.2) is 9.38 Å². The smallest absolute Gasteiger partial charge is 0.281 e. The molecule has 0 spiro atoms. The molecule has 0 aliphatic heterocycles. The molecular weight excluding hydrogens is 548 g/mol. The van der Waals surface area contributed by atoms with Gasteiger partial charge in [-0.25, -0.2) is 0 Å². The molecule has 0 fully saturated rings. The van der Waals surface area contributed by atoms with Crippen LogP contribution in [0.3, 0.4) is 0 Å². The quantitative estimate of drug-likeness (QED) is 0.155. The molecule has 0 amide bonds. The van der Waals surface area contributed by atoms with Crippen LogP contribution in [0.25, 0.3) is 82.4 Å². The van der Waals surface area contributed by atoms with Crippen molar-refractivity contribution in [3.05, 3.63) is 168 Å². The second-order valence-corrected chi connectivity index (χ2v) is 11.5. The third kappa shape index (κ3) is 3.91. The fourth-order valence-electron chi connectivity index (χ4n) is 7.01. The van der Waals surface area contributed by atoms with Gasteiger partial charge in [-0.15, -0.1) is 0 Å². The van der Waals surface area contributed by atoms with Crippen molar-refractivity contribution in [3.63, 3.8) is 0 Å². The molecule has 3 heteroatoms. The summed E-state index contributed by atoms with van der Waals surface area (Å²) >= 11 is 0. The Bertz CT molecular complexity index is 2600. The van der Waals surface area contributed by atoms with Gasteiger partial charge in [0.1, 0.15) is 5.65 Å². The van der Waals surface area contributed by atoms with E-state index < -0.39 is 0 Å². The lowest BCUT2D eigenvalue weighted by Crippen LogP contribution is -2.12. The van der Waals surface area contributed by atoms with E-state index in [1.165, 1.54) is 32.7 Å². The first-order chi connectivity index (χ1) is 22.3. The highest BCUT2D eigenvalue weighted by atomic mass is 16.1. The molecule has 0 saturated heterocycles. The van der Waals surface area contributed by atoms with Crippen LogP contribution in [0, 0.1) is 0 Å². The van der Waals surface area contributed by atoms with Crippen molar-refractivity contribution in [2.24, 2.45) is 0 Å². The predicted octanol–water partition coefficient (Wildman–Crippen LogP) is 10.3. The maximum absolute atomic E-state index is 13.6. The highest BCUT2D eigenvalue weighted by Gasteiger charge is 2.19. The molecule has 45 heavy (non-hydrogen) atoms. The van der Waals surface area contributed by atoms with Gasteiger partial charge in [-0.1, -0.05) is 140 Å². The summed E-state index contributed by atoms with van der Waals surface area (Å²) in [6.45, 7) is 0. The lowest BCUT2D eigenvalue weighted by atomic mass is 9.86. The van der Waals surface area contributed by atoms with E-state index in [1.54, 1.807) is 0 Å². The second kappa shape index (κ2) is 10.0. The Morgan fingerprint density at radius 2 is 0.933 bits per heavy atom. The lowest BCUT2D eigenvalue weighted by molar-refractivity contribution is 1.15. The lowest BCUT2D eigenvalue weighted by Gasteiger charge is -2.19. The van der Waals surface area contributed by atoms with Crippen LogP contribution in [0.4, 0.5) is 0 Å². The van der Waals surface area contributed by atoms with Crippen molar-refractivity contribution >= 4 is 48.9 Å². The molecule has 0 radical (unpaired) electrons. The van der Waals surface area contributed by atoms with Gasteiger partial charge in [0.2, 0.25) is 0 Å². The predicted molar refractivity (Wildman–Crippen MR) is 188 cm³/mol. The van der Waals surface area contributed by atoms with Crippen molar-refractivity contribution in [3.8, 4) is 33.5 Å². The molecule has 3 nitrogen and oxygen atoms in total. The minimum absolute atomic E-state index is 0.221. The summed E-state index contributed by atoms with van der Waals surface area (Å²) in [7, 11) is 0. The number of fused-ring (bicyclic) bond motifs is 7. The third-order valence-electron chi connectivity index (χ3n) is 8.98. The van der Waals surface area contributed by atoms with Crippen molar-refractivity contribution in [2.45, 2.75) is 0 Å². The largest absolute Gasteiger partial charge is 0.293 e.